The minimum absolute atomic E-state index is 0.122. The average molecular weight is 214 g/mol. The first kappa shape index (κ1) is 10.7. The van der Waals surface area contributed by atoms with Gasteiger partial charge in [0.2, 0.25) is 0 Å². The molecule has 0 fully saturated rings. The molecule has 1 unspecified atom stereocenters. The van der Waals surface area contributed by atoms with Gasteiger partial charge in [-0.05, 0) is 22.4 Å². The van der Waals surface area contributed by atoms with Crippen LogP contribution in [0, 0.1) is 0 Å². The Bertz CT molecular complexity index is 318. The predicted molar refractivity (Wildman–Crippen MR) is 51.3 cm³/mol. The second-order valence-electron chi connectivity index (χ2n) is 2.73. The van der Waals surface area contributed by atoms with Gasteiger partial charge in [-0.2, -0.15) is 11.3 Å². The topological polar surface area (TPSA) is 63.6 Å². The van der Waals surface area contributed by atoms with E-state index in [4.69, 9.17) is 5.11 Å². The van der Waals surface area contributed by atoms with Gasteiger partial charge in [0.25, 0.3) is 0 Å². The Hall–Kier alpha value is -1.36. The van der Waals surface area contributed by atoms with Crippen molar-refractivity contribution in [3.8, 4) is 0 Å². The molecule has 4 nitrogen and oxygen atoms in total. The Morgan fingerprint density at radius 1 is 1.64 bits per heavy atom. The van der Waals surface area contributed by atoms with Gasteiger partial charge in [0.1, 0.15) is 0 Å². The molecular formula is C9H10O4S. The molecule has 0 radical (unpaired) electrons. The lowest BCUT2D eigenvalue weighted by Gasteiger charge is -2.08. The standard InChI is InChI=1S/C9H10O4S/c1-13-8(10)4-7(9(11)12)6-2-3-14-5-6/h2-3,5,7H,4H2,1H3,(H,11,12). The normalized spacial score (nSPS) is 12.1. The third kappa shape index (κ3) is 2.56. The first-order valence-corrected chi connectivity index (χ1v) is 4.91. The Balaban J connectivity index is 2.76. The van der Waals surface area contributed by atoms with E-state index in [9.17, 15) is 9.59 Å². The number of hydrogen-bond acceptors (Lipinski definition) is 4. The number of hydrogen-bond donors (Lipinski definition) is 1. The smallest absolute Gasteiger partial charge is 0.311 e. The van der Waals surface area contributed by atoms with Gasteiger partial charge in [0.15, 0.2) is 0 Å². The molecule has 76 valence electrons. The van der Waals surface area contributed by atoms with Crippen LogP contribution in [0.3, 0.4) is 0 Å². The van der Waals surface area contributed by atoms with Gasteiger partial charge in [-0.15, -0.1) is 0 Å². The average Bonchev–Trinajstić information content (AvgIpc) is 2.65. The molecule has 1 N–H and O–H groups in total. The molecule has 1 atom stereocenters. The fourth-order valence-corrected chi connectivity index (χ4v) is 1.79. The van der Waals surface area contributed by atoms with Crippen LogP contribution >= 0.6 is 11.3 Å². The number of carbonyl (C=O) groups excluding carboxylic acids is 1. The lowest BCUT2D eigenvalue weighted by Crippen LogP contribution is -2.16. The van der Waals surface area contributed by atoms with Crippen molar-refractivity contribution in [3.05, 3.63) is 22.4 Å². The SMILES string of the molecule is COC(=O)CC(C(=O)O)c1ccsc1. The van der Waals surface area contributed by atoms with Crippen LogP contribution in [0.1, 0.15) is 17.9 Å². The highest BCUT2D eigenvalue weighted by Crippen LogP contribution is 2.22. The van der Waals surface area contributed by atoms with Gasteiger partial charge in [-0.25, -0.2) is 0 Å². The molecule has 0 aliphatic heterocycles. The molecule has 1 rings (SSSR count). The summed E-state index contributed by atoms with van der Waals surface area (Å²) in [5.41, 5.74) is 0.646. The van der Waals surface area contributed by atoms with Crippen molar-refractivity contribution < 1.29 is 19.4 Å². The van der Waals surface area contributed by atoms with Crippen LogP contribution in [-0.2, 0) is 14.3 Å². The number of methoxy groups -OCH3 is 1. The zero-order chi connectivity index (χ0) is 10.6. The molecule has 0 bridgehead atoms. The molecule has 0 aliphatic rings. The minimum atomic E-state index is -1.01. The van der Waals surface area contributed by atoms with Crippen LogP contribution in [0.5, 0.6) is 0 Å². The monoisotopic (exact) mass is 214 g/mol. The number of carboxylic acids is 1. The summed E-state index contributed by atoms with van der Waals surface area (Å²) in [6, 6.07) is 1.70. The van der Waals surface area contributed by atoms with Crippen molar-refractivity contribution >= 4 is 23.3 Å². The van der Waals surface area contributed by atoms with Crippen LogP contribution < -0.4 is 0 Å². The number of carbonyl (C=O) groups is 2. The highest BCUT2D eigenvalue weighted by molar-refractivity contribution is 7.08. The molecule has 1 heterocycles. The van der Waals surface area contributed by atoms with Crippen LogP contribution in [0.15, 0.2) is 16.8 Å². The molecule has 1 aromatic rings. The van der Waals surface area contributed by atoms with E-state index >= 15 is 0 Å². The summed E-state index contributed by atoms with van der Waals surface area (Å²) in [5, 5.41) is 12.4. The van der Waals surface area contributed by atoms with E-state index < -0.39 is 17.9 Å². The van der Waals surface area contributed by atoms with Gasteiger partial charge >= 0.3 is 11.9 Å². The molecule has 1 aromatic heterocycles. The van der Waals surface area contributed by atoms with Gasteiger partial charge in [-0.1, -0.05) is 0 Å². The van der Waals surface area contributed by atoms with E-state index in [2.05, 4.69) is 4.74 Å². The second-order valence-corrected chi connectivity index (χ2v) is 3.51. The van der Waals surface area contributed by atoms with Crippen LogP contribution in [0.25, 0.3) is 0 Å². The van der Waals surface area contributed by atoms with Crippen LogP contribution in [0.4, 0.5) is 0 Å². The summed E-state index contributed by atoms with van der Waals surface area (Å²) < 4.78 is 4.43. The van der Waals surface area contributed by atoms with Crippen molar-refractivity contribution in [1.82, 2.24) is 0 Å². The van der Waals surface area contributed by atoms with E-state index in [-0.39, 0.29) is 6.42 Å². The number of rotatable bonds is 4. The van der Waals surface area contributed by atoms with E-state index in [0.29, 0.717) is 5.56 Å². The third-order valence-corrected chi connectivity index (χ3v) is 2.54. The summed E-state index contributed by atoms with van der Waals surface area (Å²) >= 11 is 1.40. The first-order chi connectivity index (χ1) is 6.65. The lowest BCUT2D eigenvalue weighted by molar-refractivity contribution is -0.147. The van der Waals surface area contributed by atoms with E-state index in [1.54, 1.807) is 16.8 Å². The fourth-order valence-electron chi connectivity index (χ4n) is 1.07. The fraction of sp³-hybridized carbons (Fsp3) is 0.333. The Kier molecular flexibility index (Phi) is 3.64. The largest absolute Gasteiger partial charge is 0.481 e. The molecule has 0 saturated heterocycles. The highest BCUT2D eigenvalue weighted by Gasteiger charge is 2.23. The van der Waals surface area contributed by atoms with Crippen molar-refractivity contribution in [1.29, 1.82) is 0 Å². The molecule has 14 heavy (non-hydrogen) atoms. The van der Waals surface area contributed by atoms with Gasteiger partial charge in [0.05, 0.1) is 19.4 Å². The molecule has 0 aromatic carbocycles. The summed E-state index contributed by atoms with van der Waals surface area (Å²) in [6.45, 7) is 0. The molecule has 5 heteroatoms. The van der Waals surface area contributed by atoms with Crippen molar-refractivity contribution in [2.45, 2.75) is 12.3 Å². The van der Waals surface area contributed by atoms with Gasteiger partial charge < -0.3 is 9.84 Å². The van der Waals surface area contributed by atoms with E-state index in [0.717, 1.165) is 0 Å². The zero-order valence-corrected chi connectivity index (χ0v) is 8.41. The van der Waals surface area contributed by atoms with Crippen LogP contribution in [0.2, 0.25) is 0 Å². The van der Waals surface area contributed by atoms with Crippen molar-refractivity contribution in [2.75, 3.05) is 7.11 Å². The molecular weight excluding hydrogens is 204 g/mol. The second kappa shape index (κ2) is 4.76. The number of ether oxygens (including phenoxy) is 1. The van der Waals surface area contributed by atoms with Gasteiger partial charge in [0, 0.05) is 0 Å². The zero-order valence-electron chi connectivity index (χ0n) is 7.60. The summed E-state index contributed by atoms with van der Waals surface area (Å²) in [5.74, 6) is -2.31. The Morgan fingerprint density at radius 2 is 2.36 bits per heavy atom. The summed E-state index contributed by atoms with van der Waals surface area (Å²) in [4.78, 5) is 21.8. The molecule has 0 aliphatic carbocycles. The van der Waals surface area contributed by atoms with Crippen LogP contribution in [-0.4, -0.2) is 24.2 Å². The summed E-state index contributed by atoms with van der Waals surface area (Å²) in [7, 11) is 1.24. The maximum absolute atomic E-state index is 10.9. The highest BCUT2D eigenvalue weighted by atomic mass is 32.1. The Morgan fingerprint density at radius 3 is 2.79 bits per heavy atom. The van der Waals surface area contributed by atoms with Crippen molar-refractivity contribution in [2.24, 2.45) is 0 Å². The predicted octanol–water partition coefficient (Wildman–Crippen LogP) is 1.48. The lowest BCUT2D eigenvalue weighted by atomic mass is 9.99. The Labute approximate surface area is 85.1 Å². The molecule has 0 amide bonds. The van der Waals surface area contributed by atoms with Crippen molar-refractivity contribution in [3.63, 3.8) is 0 Å². The minimum Gasteiger partial charge on any atom is -0.481 e. The maximum Gasteiger partial charge on any atom is 0.311 e. The first-order valence-electron chi connectivity index (χ1n) is 3.97. The number of esters is 1. The number of thiophene rings is 1. The maximum atomic E-state index is 10.9. The summed E-state index contributed by atoms with van der Waals surface area (Å²) in [6.07, 6.45) is -0.122. The third-order valence-electron chi connectivity index (χ3n) is 1.84. The quantitative estimate of drug-likeness (QED) is 0.771. The van der Waals surface area contributed by atoms with E-state index in [1.807, 2.05) is 0 Å². The number of aliphatic carboxylic acids is 1. The molecule has 0 saturated carbocycles. The number of carboxylic acid groups (broad SMARTS) is 1. The van der Waals surface area contributed by atoms with E-state index in [1.165, 1.54) is 18.4 Å². The molecule has 0 spiro atoms. The van der Waals surface area contributed by atoms with Gasteiger partial charge in [-0.3, -0.25) is 9.59 Å².